The lowest BCUT2D eigenvalue weighted by atomic mass is 10.3. The molecule has 0 aliphatic carbocycles. The Bertz CT molecular complexity index is 599. The molecule has 18 heavy (non-hydrogen) atoms. The van der Waals surface area contributed by atoms with Gasteiger partial charge in [-0.1, -0.05) is 46.4 Å². The van der Waals surface area contributed by atoms with Gasteiger partial charge in [0, 0.05) is 17.2 Å². The van der Waals surface area contributed by atoms with Crippen LogP contribution in [-0.2, 0) is 0 Å². The topological polar surface area (TPSA) is 29.5 Å². The van der Waals surface area contributed by atoms with E-state index >= 15 is 0 Å². The fourth-order valence-corrected chi connectivity index (χ4v) is 2.02. The molecule has 2 aromatic carbocycles. The van der Waals surface area contributed by atoms with Crippen molar-refractivity contribution >= 4 is 46.4 Å². The smallest absolute Gasteiger partial charge is 0.169 e. The van der Waals surface area contributed by atoms with Crippen LogP contribution in [0.15, 0.2) is 30.3 Å². The summed E-state index contributed by atoms with van der Waals surface area (Å²) in [6.45, 7) is 0. The first-order chi connectivity index (χ1) is 8.47. The van der Waals surface area contributed by atoms with Gasteiger partial charge in [0.15, 0.2) is 11.5 Å². The van der Waals surface area contributed by atoms with Crippen LogP contribution in [-0.4, -0.2) is 5.11 Å². The van der Waals surface area contributed by atoms with E-state index in [-0.39, 0.29) is 11.5 Å². The van der Waals surface area contributed by atoms with Gasteiger partial charge in [-0.2, -0.15) is 0 Å². The summed E-state index contributed by atoms with van der Waals surface area (Å²) in [6, 6.07) is 7.41. The highest BCUT2D eigenvalue weighted by atomic mass is 35.5. The molecule has 0 spiro atoms. The van der Waals surface area contributed by atoms with Gasteiger partial charge in [0.1, 0.15) is 5.75 Å². The van der Waals surface area contributed by atoms with Crippen molar-refractivity contribution in [1.29, 1.82) is 0 Å². The van der Waals surface area contributed by atoms with Gasteiger partial charge >= 0.3 is 0 Å². The molecule has 1 N–H and O–H groups in total. The third kappa shape index (κ3) is 2.96. The highest BCUT2D eigenvalue weighted by Crippen LogP contribution is 2.39. The van der Waals surface area contributed by atoms with Gasteiger partial charge in [-0.05, 0) is 18.2 Å². The van der Waals surface area contributed by atoms with E-state index in [0.717, 1.165) is 0 Å². The Balaban J connectivity index is 2.37. The predicted molar refractivity (Wildman–Crippen MR) is 74.7 cm³/mol. The van der Waals surface area contributed by atoms with Gasteiger partial charge in [0.25, 0.3) is 0 Å². The second-order valence-electron chi connectivity index (χ2n) is 3.41. The zero-order chi connectivity index (χ0) is 13.3. The van der Waals surface area contributed by atoms with Gasteiger partial charge in [-0.25, -0.2) is 0 Å². The van der Waals surface area contributed by atoms with E-state index in [4.69, 9.17) is 51.1 Å². The van der Waals surface area contributed by atoms with Crippen molar-refractivity contribution in [2.45, 2.75) is 0 Å². The Morgan fingerprint density at radius 2 is 1.44 bits per heavy atom. The van der Waals surface area contributed by atoms with Crippen LogP contribution < -0.4 is 4.74 Å². The average molecular weight is 324 g/mol. The maximum atomic E-state index is 9.66. The highest BCUT2D eigenvalue weighted by Gasteiger charge is 2.10. The minimum atomic E-state index is -0.0929. The molecule has 0 atom stereocenters. The number of hydrogen-bond acceptors (Lipinski definition) is 2. The van der Waals surface area contributed by atoms with Gasteiger partial charge in [0.05, 0.1) is 15.1 Å². The summed E-state index contributed by atoms with van der Waals surface area (Å²) in [7, 11) is 0. The third-order valence-corrected chi connectivity index (χ3v) is 3.37. The first kappa shape index (κ1) is 13.6. The molecule has 0 fully saturated rings. The van der Waals surface area contributed by atoms with Crippen LogP contribution in [0.5, 0.6) is 17.2 Å². The molecule has 0 saturated heterocycles. The van der Waals surface area contributed by atoms with Crippen LogP contribution in [0.4, 0.5) is 0 Å². The van der Waals surface area contributed by atoms with E-state index in [1.54, 1.807) is 6.07 Å². The summed E-state index contributed by atoms with van der Waals surface area (Å²) < 4.78 is 5.45. The average Bonchev–Trinajstić information content (AvgIpc) is 2.29. The SMILES string of the molecule is Oc1cc(Cl)ccc1Oc1cc(Cl)c(Cl)cc1Cl. The normalized spacial score (nSPS) is 10.4. The fourth-order valence-electron chi connectivity index (χ4n) is 1.28. The monoisotopic (exact) mass is 322 g/mol. The van der Waals surface area contributed by atoms with E-state index in [0.29, 0.717) is 25.8 Å². The van der Waals surface area contributed by atoms with E-state index in [9.17, 15) is 5.11 Å². The number of hydrogen-bond donors (Lipinski definition) is 1. The van der Waals surface area contributed by atoms with Crippen LogP contribution in [0.1, 0.15) is 0 Å². The van der Waals surface area contributed by atoms with Crippen molar-refractivity contribution in [3.63, 3.8) is 0 Å². The van der Waals surface area contributed by atoms with Crippen LogP contribution in [0.3, 0.4) is 0 Å². The Morgan fingerprint density at radius 3 is 2.11 bits per heavy atom. The molecule has 0 heterocycles. The van der Waals surface area contributed by atoms with Crippen molar-refractivity contribution in [2.75, 3.05) is 0 Å². The van der Waals surface area contributed by atoms with Crippen LogP contribution in [0.25, 0.3) is 0 Å². The van der Waals surface area contributed by atoms with E-state index in [1.807, 2.05) is 0 Å². The molecule has 2 aromatic rings. The fraction of sp³-hybridized carbons (Fsp3) is 0. The molecule has 0 aromatic heterocycles. The Morgan fingerprint density at radius 1 is 0.778 bits per heavy atom. The van der Waals surface area contributed by atoms with Gasteiger partial charge in [0.2, 0.25) is 0 Å². The van der Waals surface area contributed by atoms with Crippen molar-refractivity contribution in [3.05, 3.63) is 50.4 Å². The lowest BCUT2D eigenvalue weighted by Crippen LogP contribution is -1.86. The molecule has 94 valence electrons. The maximum absolute atomic E-state index is 9.66. The largest absolute Gasteiger partial charge is 0.504 e. The van der Waals surface area contributed by atoms with Crippen molar-refractivity contribution in [2.24, 2.45) is 0 Å². The highest BCUT2D eigenvalue weighted by molar-refractivity contribution is 6.43. The lowest BCUT2D eigenvalue weighted by Gasteiger charge is -2.10. The molecule has 0 amide bonds. The Labute approximate surface area is 124 Å². The van der Waals surface area contributed by atoms with Crippen molar-refractivity contribution in [1.82, 2.24) is 0 Å². The van der Waals surface area contributed by atoms with Crippen LogP contribution >= 0.6 is 46.4 Å². The molecule has 2 rings (SSSR count). The number of ether oxygens (including phenoxy) is 1. The summed E-state index contributed by atoms with van der Waals surface area (Å²) in [4.78, 5) is 0. The summed E-state index contributed by atoms with van der Waals surface area (Å²) in [5.74, 6) is 0.424. The maximum Gasteiger partial charge on any atom is 0.169 e. The minimum absolute atomic E-state index is 0.0929. The van der Waals surface area contributed by atoms with E-state index in [1.165, 1.54) is 24.3 Å². The Hall–Kier alpha value is -0.800. The second kappa shape index (κ2) is 5.45. The number of phenols is 1. The zero-order valence-corrected chi connectivity index (χ0v) is 11.8. The quantitative estimate of drug-likeness (QED) is 0.708. The summed E-state index contributed by atoms with van der Waals surface area (Å²) in [5, 5.41) is 11.0. The first-order valence-corrected chi connectivity index (χ1v) is 6.29. The minimum Gasteiger partial charge on any atom is -0.504 e. The molecule has 0 bridgehead atoms. The molecule has 6 heteroatoms. The zero-order valence-electron chi connectivity index (χ0n) is 8.75. The molecular weight excluding hydrogens is 318 g/mol. The molecule has 0 aliphatic heterocycles. The summed E-state index contributed by atoms with van der Waals surface area (Å²) in [6.07, 6.45) is 0. The van der Waals surface area contributed by atoms with Crippen LogP contribution in [0.2, 0.25) is 20.1 Å². The standard InChI is InChI=1S/C12H6Cl4O2/c13-6-1-2-11(10(17)3-6)18-12-5-8(15)7(14)4-9(12)16/h1-5,17H. The van der Waals surface area contributed by atoms with Gasteiger partial charge in [-0.15, -0.1) is 0 Å². The van der Waals surface area contributed by atoms with Crippen molar-refractivity contribution < 1.29 is 9.84 Å². The van der Waals surface area contributed by atoms with Crippen molar-refractivity contribution in [3.8, 4) is 17.2 Å². The number of rotatable bonds is 2. The van der Waals surface area contributed by atoms with Crippen LogP contribution in [0, 0.1) is 0 Å². The molecule has 0 radical (unpaired) electrons. The number of benzene rings is 2. The lowest BCUT2D eigenvalue weighted by molar-refractivity contribution is 0.411. The molecule has 0 unspecified atom stereocenters. The summed E-state index contributed by atoms with van der Waals surface area (Å²) >= 11 is 23.3. The predicted octanol–water partition coefficient (Wildman–Crippen LogP) is 5.80. The number of halogens is 4. The number of phenolic OH excluding ortho intramolecular Hbond substituents is 1. The van der Waals surface area contributed by atoms with Gasteiger partial charge < -0.3 is 9.84 Å². The molecular formula is C12H6Cl4O2. The van der Waals surface area contributed by atoms with E-state index in [2.05, 4.69) is 0 Å². The Kier molecular flexibility index (Phi) is 4.13. The molecule has 0 saturated carbocycles. The molecule has 0 aliphatic rings. The first-order valence-electron chi connectivity index (χ1n) is 4.78. The molecule has 2 nitrogen and oxygen atoms in total. The summed E-state index contributed by atoms with van der Waals surface area (Å²) in [5.41, 5.74) is 0. The van der Waals surface area contributed by atoms with Gasteiger partial charge in [-0.3, -0.25) is 0 Å². The second-order valence-corrected chi connectivity index (χ2v) is 5.07. The van der Waals surface area contributed by atoms with E-state index < -0.39 is 0 Å². The number of aromatic hydroxyl groups is 1. The third-order valence-electron chi connectivity index (χ3n) is 2.12.